The number of methoxy groups -OCH3 is 3. The topological polar surface area (TPSA) is 114 Å². The number of rotatable bonds is 13. The van der Waals surface area contributed by atoms with Crippen LogP contribution in [-0.2, 0) is 26.2 Å². The Balaban J connectivity index is 2.14. The Labute approximate surface area is 241 Å². The van der Waals surface area contributed by atoms with Gasteiger partial charge in [-0.15, -0.1) is 0 Å². The van der Waals surface area contributed by atoms with Crippen molar-refractivity contribution in [2.24, 2.45) is 0 Å². The van der Waals surface area contributed by atoms with E-state index in [9.17, 15) is 18.0 Å². The van der Waals surface area contributed by atoms with Crippen molar-refractivity contribution in [3.8, 4) is 17.2 Å². The molecule has 3 aromatic rings. The maximum absolute atomic E-state index is 14.1. The number of sulfonamides is 1. The van der Waals surface area contributed by atoms with E-state index in [4.69, 9.17) is 14.2 Å². The number of hydrogen-bond acceptors (Lipinski definition) is 7. The predicted molar refractivity (Wildman–Crippen MR) is 157 cm³/mol. The molecule has 0 aromatic heterocycles. The minimum absolute atomic E-state index is 0.000759. The summed E-state index contributed by atoms with van der Waals surface area (Å²) in [5.74, 6) is 0.321. The molecule has 3 aromatic carbocycles. The molecule has 0 radical (unpaired) electrons. The van der Waals surface area contributed by atoms with Gasteiger partial charge in [0.05, 0.1) is 31.9 Å². The van der Waals surface area contributed by atoms with Gasteiger partial charge in [-0.3, -0.25) is 13.9 Å². The van der Waals surface area contributed by atoms with E-state index in [1.54, 1.807) is 62.6 Å². The first-order valence-corrected chi connectivity index (χ1v) is 14.5. The Morgan fingerprint density at radius 3 is 2.02 bits per heavy atom. The van der Waals surface area contributed by atoms with Crippen LogP contribution in [0.5, 0.6) is 17.2 Å². The number of anilines is 1. The maximum atomic E-state index is 14.1. The molecule has 0 heterocycles. The molecule has 0 saturated heterocycles. The largest absolute Gasteiger partial charge is 0.497 e. The van der Waals surface area contributed by atoms with Crippen molar-refractivity contribution in [1.29, 1.82) is 0 Å². The lowest BCUT2D eigenvalue weighted by atomic mass is 10.1. The average molecular weight is 584 g/mol. The molecule has 0 bridgehead atoms. The summed E-state index contributed by atoms with van der Waals surface area (Å²) in [6.45, 7) is 3.12. The minimum Gasteiger partial charge on any atom is -0.497 e. The number of hydrogen-bond donors (Lipinski definition) is 1. The van der Waals surface area contributed by atoms with Gasteiger partial charge in [0.15, 0.2) is 0 Å². The molecular weight excluding hydrogens is 546 g/mol. The smallest absolute Gasteiger partial charge is 0.264 e. The molecule has 0 aliphatic rings. The highest BCUT2D eigenvalue weighted by Crippen LogP contribution is 2.36. The van der Waals surface area contributed by atoms with Gasteiger partial charge in [-0.05, 0) is 55.3 Å². The number of amides is 2. The van der Waals surface area contributed by atoms with Crippen LogP contribution in [0.25, 0.3) is 0 Å². The van der Waals surface area contributed by atoms with Gasteiger partial charge >= 0.3 is 0 Å². The summed E-state index contributed by atoms with van der Waals surface area (Å²) < 4.78 is 45.3. The van der Waals surface area contributed by atoms with Crippen LogP contribution in [0.2, 0.25) is 0 Å². The summed E-state index contributed by atoms with van der Waals surface area (Å²) in [6.07, 6.45) is 0.314. The standard InChI is InChI=1S/C30H37N3O7S/c1-7-26(30(35)31-3)32(19-22-10-12-23(38-4)13-11-22)29(34)20-33(27-18-24(39-5)14-17-28(27)40-6)41(36,37)25-15-8-21(2)9-16-25/h8-18,26H,7,19-20H2,1-6H3,(H,31,35)/t26-/m1/s1. The fourth-order valence-corrected chi connectivity index (χ4v) is 5.77. The van der Waals surface area contributed by atoms with Crippen molar-refractivity contribution in [2.75, 3.05) is 39.2 Å². The van der Waals surface area contributed by atoms with Crippen molar-refractivity contribution in [2.45, 2.75) is 37.8 Å². The zero-order chi connectivity index (χ0) is 30.2. The van der Waals surface area contributed by atoms with E-state index in [0.29, 0.717) is 17.9 Å². The molecule has 0 saturated carbocycles. The van der Waals surface area contributed by atoms with E-state index in [2.05, 4.69) is 5.32 Å². The third-order valence-corrected chi connectivity index (χ3v) is 8.46. The fourth-order valence-electron chi connectivity index (χ4n) is 4.36. The lowest BCUT2D eigenvalue weighted by molar-refractivity contribution is -0.140. The van der Waals surface area contributed by atoms with Crippen molar-refractivity contribution in [3.05, 3.63) is 77.9 Å². The number of nitrogens with one attached hydrogen (secondary N) is 1. The molecule has 2 amide bonds. The molecule has 0 unspecified atom stereocenters. The van der Waals surface area contributed by atoms with Crippen LogP contribution in [0.15, 0.2) is 71.6 Å². The first kappa shape index (κ1) is 31.3. The number of carbonyl (C=O) groups excluding carboxylic acids is 2. The molecule has 1 N–H and O–H groups in total. The summed E-state index contributed by atoms with van der Waals surface area (Å²) in [7, 11) is 1.66. The van der Waals surface area contributed by atoms with E-state index in [0.717, 1.165) is 15.4 Å². The molecule has 10 nitrogen and oxygen atoms in total. The van der Waals surface area contributed by atoms with Crippen LogP contribution < -0.4 is 23.8 Å². The van der Waals surface area contributed by atoms with Gasteiger partial charge in [0.2, 0.25) is 11.8 Å². The molecule has 1 atom stereocenters. The normalized spacial score (nSPS) is 11.8. The number of likely N-dealkylation sites (N-methyl/N-ethyl adjacent to an activating group) is 1. The van der Waals surface area contributed by atoms with Gasteiger partial charge in [-0.2, -0.15) is 0 Å². The molecule has 3 rings (SSSR count). The number of aryl methyl sites for hydroxylation is 1. The Hall–Kier alpha value is -4.25. The third kappa shape index (κ3) is 7.29. The molecule has 11 heteroatoms. The summed E-state index contributed by atoms with van der Waals surface area (Å²) in [5.41, 5.74) is 1.75. The van der Waals surface area contributed by atoms with E-state index in [1.165, 1.54) is 44.4 Å². The second-order valence-corrected chi connectivity index (χ2v) is 11.1. The van der Waals surface area contributed by atoms with Crippen molar-refractivity contribution in [1.82, 2.24) is 10.2 Å². The number of ether oxygens (including phenoxy) is 3. The average Bonchev–Trinajstić information content (AvgIpc) is 2.99. The first-order valence-electron chi connectivity index (χ1n) is 13.0. The van der Waals surface area contributed by atoms with Gasteiger partial charge in [-0.25, -0.2) is 8.42 Å². The molecule has 0 aliphatic heterocycles. The highest BCUT2D eigenvalue weighted by atomic mass is 32.2. The summed E-state index contributed by atoms with van der Waals surface area (Å²) in [6, 6.07) is 17.3. The highest BCUT2D eigenvalue weighted by molar-refractivity contribution is 7.92. The number of nitrogens with zero attached hydrogens (tertiary/aromatic N) is 2. The van der Waals surface area contributed by atoms with E-state index < -0.39 is 28.5 Å². The van der Waals surface area contributed by atoms with E-state index in [1.807, 2.05) is 6.92 Å². The molecule has 0 aliphatic carbocycles. The van der Waals surface area contributed by atoms with Crippen LogP contribution in [0, 0.1) is 6.92 Å². The summed E-state index contributed by atoms with van der Waals surface area (Å²) in [4.78, 5) is 28.4. The SMILES string of the molecule is CC[C@H](C(=O)NC)N(Cc1ccc(OC)cc1)C(=O)CN(c1cc(OC)ccc1OC)S(=O)(=O)c1ccc(C)cc1. The molecule has 41 heavy (non-hydrogen) atoms. The van der Waals surface area contributed by atoms with Crippen molar-refractivity contribution < 1.29 is 32.2 Å². The zero-order valence-electron chi connectivity index (χ0n) is 24.2. The first-order chi connectivity index (χ1) is 19.6. The van der Waals surface area contributed by atoms with Crippen LogP contribution in [0.1, 0.15) is 24.5 Å². The predicted octanol–water partition coefficient (Wildman–Crippen LogP) is 3.77. The fraction of sp³-hybridized carbons (Fsp3) is 0.333. The van der Waals surface area contributed by atoms with Gasteiger partial charge in [-0.1, -0.05) is 36.8 Å². The maximum Gasteiger partial charge on any atom is 0.264 e. The van der Waals surface area contributed by atoms with Crippen molar-refractivity contribution >= 4 is 27.5 Å². The van der Waals surface area contributed by atoms with Crippen molar-refractivity contribution in [3.63, 3.8) is 0 Å². The lowest BCUT2D eigenvalue weighted by Gasteiger charge is -2.33. The van der Waals surface area contributed by atoms with Gasteiger partial charge < -0.3 is 24.4 Å². The minimum atomic E-state index is -4.26. The lowest BCUT2D eigenvalue weighted by Crippen LogP contribution is -2.51. The van der Waals surface area contributed by atoms with Gasteiger partial charge in [0.1, 0.15) is 29.8 Å². The number of benzene rings is 3. The van der Waals surface area contributed by atoms with E-state index in [-0.39, 0.29) is 28.8 Å². The quantitative estimate of drug-likeness (QED) is 0.326. The highest BCUT2D eigenvalue weighted by Gasteiger charge is 2.34. The van der Waals surface area contributed by atoms with Gasteiger partial charge in [0, 0.05) is 19.7 Å². The molecular formula is C30H37N3O7S. The van der Waals surface area contributed by atoms with Gasteiger partial charge in [0.25, 0.3) is 10.0 Å². The Kier molecular flexibility index (Phi) is 10.6. The Morgan fingerprint density at radius 2 is 1.49 bits per heavy atom. The monoisotopic (exact) mass is 583 g/mol. The summed E-state index contributed by atoms with van der Waals surface area (Å²) in [5, 5.41) is 2.61. The molecule has 0 spiro atoms. The second kappa shape index (κ2) is 13.9. The van der Waals surface area contributed by atoms with Crippen LogP contribution >= 0.6 is 0 Å². The molecule has 0 fully saturated rings. The summed E-state index contributed by atoms with van der Waals surface area (Å²) >= 11 is 0. The molecule has 220 valence electrons. The zero-order valence-corrected chi connectivity index (χ0v) is 25.0. The second-order valence-electron chi connectivity index (χ2n) is 9.27. The van der Waals surface area contributed by atoms with E-state index >= 15 is 0 Å². The third-order valence-electron chi connectivity index (χ3n) is 6.69. The van der Waals surface area contributed by atoms with Crippen LogP contribution in [0.3, 0.4) is 0 Å². The van der Waals surface area contributed by atoms with Crippen LogP contribution in [0.4, 0.5) is 5.69 Å². The number of carbonyl (C=O) groups is 2. The van der Waals surface area contributed by atoms with Crippen LogP contribution in [-0.4, -0.2) is 66.1 Å². The Morgan fingerprint density at radius 1 is 0.878 bits per heavy atom. The Bertz CT molecular complexity index is 1440.